The Labute approximate surface area is 353 Å². The van der Waals surface area contributed by atoms with Gasteiger partial charge in [-0.2, -0.15) is 10.5 Å². The zero-order valence-corrected chi connectivity index (χ0v) is 34.5. The van der Waals surface area contributed by atoms with Gasteiger partial charge in [0, 0.05) is 48.1 Å². The third-order valence-corrected chi connectivity index (χ3v) is 11.7. The summed E-state index contributed by atoms with van der Waals surface area (Å²) in [6.45, 7) is 7.06. The summed E-state index contributed by atoms with van der Waals surface area (Å²) in [6, 6.07) is 37.2. The van der Waals surface area contributed by atoms with Crippen LogP contribution >= 0.6 is 15.9 Å². The highest BCUT2D eigenvalue weighted by Gasteiger charge is 2.32. The molecule has 8 heterocycles. The SMILES string of the molecule is Brc1cccnc1OC1CN(c2ccc3ccccc3n2)C1.N#CC1CCN(c2cccnc2OC2CN(c3ccc4ccccc4n3)C2)CC1.N#CC1CCNCC1. The minimum absolute atomic E-state index is 0.105. The van der Waals surface area contributed by atoms with Crippen LogP contribution in [0, 0.1) is 34.5 Å². The molecule has 0 amide bonds. The Morgan fingerprint density at radius 2 is 1.08 bits per heavy atom. The maximum atomic E-state index is 9.12. The summed E-state index contributed by atoms with van der Waals surface area (Å²) in [5.41, 5.74) is 3.07. The average Bonchev–Trinajstić information content (AvgIpc) is 3.27. The number of para-hydroxylation sites is 2. The van der Waals surface area contributed by atoms with Crippen molar-refractivity contribution in [3.8, 4) is 23.9 Å². The van der Waals surface area contributed by atoms with Gasteiger partial charge in [-0.05, 0) is 115 Å². The summed E-state index contributed by atoms with van der Waals surface area (Å²) in [7, 11) is 0. The largest absolute Gasteiger partial charge is 0.470 e. The lowest BCUT2D eigenvalue weighted by Gasteiger charge is -2.40. The Morgan fingerprint density at radius 3 is 1.63 bits per heavy atom. The maximum Gasteiger partial charge on any atom is 0.237 e. The molecule has 12 nitrogen and oxygen atoms in total. The van der Waals surface area contributed by atoms with E-state index in [1.54, 1.807) is 12.4 Å². The Kier molecular flexibility index (Phi) is 12.9. The van der Waals surface area contributed by atoms with Gasteiger partial charge in [-0.3, -0.25) is 0 Å². The predicted molar refractivity (Wildman–Crippen MR) is 235 cm³/mol. The van der Waals surface area contributed by atoms with Gasteiger partial charge in [-0.25, -0.2) is 19.9 Å². The van der Waals surface area contributed by atoms with Crippen molar-refractivity contribution in [3.05, 3.63) is 114 Å². The number of benzene rings is 2. The number of fused-ring (bicyclic) bond motifs is 2. The highest BCUT2D eigenvalue weighted by molar-refractivity contribution is 9.10. The molecule has 0 saturated carbocycles. The minimum Gasteiger partial charge on any atom is -0.470 e. The molecular formula is C46H47BrN10O2. The fourth-order valence-corrected chi connectivity index (χ4v) is 7.90. The molecule has 4 fully saturated rings. The molecule has 0 unspecified atom stereocenters. The molecule has 0 bridgehead atoms. The second-order valence-corrected chi connectivity index (χ2v) is 16.0. The van der Waals surface area contributed by atoms with E-state index in [9.17, 15) is 0 Å². The van der Waals surface area contributed by atoms with Crippen LogP contribution in [0.5, 0.6) is 11.8 Å². The minimum atomic E-state index is 0.105. The van der Waals surface area contributed by atoms with Gasteiger partial charge < -0.3 is 29.5 Å². The number of nitrogens with zero attached hydrogens (tertiary/aromatic N) is 9. The van der Waals surface area contributed by atoms with E-state index in [-0.39, 0.29) is 18.1 Å². The number of aromatic nitrogens is 4. The Bertz CT molecular complexity index is 2410. The van der Waals surface area contributed by atoms with Crippen LogP contribution in [0.2, 0.25) is 0 Å². The lowest BCUT2D eigenvalue weighted by molar-refractivity contribution is 0.159. The highest BCUT2D eigenvalue weighted by atomic mass is 79.9. The molecule has 1 N–H and O–H groups in total. The van der Waals surface area contributed by atoms with Gasteiger partial charge in [0.1, 0.15) is 23.8 Å². The lowest BCUT2D eigenvalue weighted by Crippen LogP contribution is -2.54. The standard InChI is InChI=1S/C23H23N5O.C17H14BrN3O.C6H10N2/c24-14-17-9-12-27(13-10-17)21-6-3-11-25-23(21)29-19-15-28(16-19)22-8-7-18-4-1-2-5-20(18)26-22;18-14-5-3-9-19-17(14)22-13-10-21(11-13)16-8-7-12-4-1-2-6-15(12)20-16;7-5-6-1-3-8-4-2-6/h1-8,11,17,19H,9-10,12-13,15-16H2;1-9,13H,10-11H2;6,8H,1-4H2. The van der Waals surface area contributed by atoms with E-state index in [1.807, 2.05) is 54.6 Å². The fraction of sp³-hybridized carbons (Fsp3) is 0.348. The average molecular weight is 852 g/mol. The van der Waals surface area contributed by atoms with Crippen molar-refractivity contribution in [3.63, 3.8) is 0 Å². The van der Waals surface area contributed by atoms with Crippen LogP contribution in [0.1, 0.15) is 25.7 Å². The number of ether oxygens (including phenoxy) is 2. The van der Waals surface area contributed by atoms with E-state index in [1.165, 1.54) is 0 Å². The van der Waals surface area contributed by atoms with Gasteiger partial charge in [0.15, 0.2) is 0 Å². The molecule has 59 heavy (non-hydrogen) atoms. The van der Waals surface area contributed by atoms with Crippen molar-refractivity contribution in [2.45, 2.75) is 37.9 Å². The number of piperidine rings is 2. The first kappa shape index (κ1) is 39.8. The van der Waals surface area contributed by atoms with Gasteiger partial charge in [-0.1, -0.05) is 36.4 Å². The van der Waals surface area contributed by atoms with Crippen molar-refractivity contribution in [2.24, 2.45) is 11.8 Å². The molecule has 4 aliphatic heterocycles. The third-order valence-electron chi connectivity index (χ3n) is 11.1. The molecule has 0 atom stereocenters. The van der Waals surface area contributed by atoms with Crippen molar-refractivity contribution in [2.75, 3.05) is 67.1 Å². The van der Waals surface area contributed by atoms with Gasteiger partial charge >= 0.3 is 0 Å². The maximum absolute atomic E-state index is 9.12. The zero-order valence-electron chi connectivity index (χ0n) is 32.9. The normalized spacial score (nSPS) is 17.3. The van der Waals surface area contributed by atoms with Gasteiger partial charge in [0.05, 0.1) is 59.5 Å². The first-order chi connectivity index (χ1) is 29.0. The van der Waals surface area contributed by atoms with E-state index in [2.05, 4.69) is 101 Å². The van der Waals surface area contributed by atoms with Gasteiger partial charge in [0.25, 0.3) is 0 Å². The van der Waals surface area contributed by atoms with Crippen LogP contribution in [-0.4, -0.2) is 84.5 Å². The monoisotopic (exact) mass is 850 g/mol. The molecular weight excluding hydrogens is 804 g/mol. The summed E-state index contributed by atoms with van der Waals surface area (Å²) in [6.07, 6.45) is 7.65. The van der Waals surface area contributed by atoms with E-state index in [0.29, 0.717) is 17.7 Å². The van der Waals surface area contributed by atoms with Gasteiger partial charge in [-0.15, -0.1) is 0 Å². The fourth-order valence-electron chi connectivity index (χ4n) is 7.55. The smallest absolute Gasteiger partial charge is 0.237 e. The number of nitrogens with one attached hydrogen (secondary N) is 1. The number of anilines is 3. The molecule has 6 aromatic rings. The van der Waals surface area contributed by atoms with E-state index in [4.69, 9.17) is 30.0 Å². The summed E-state index contributed by atoms with van der Waals surface area (Å²) in [4.78, 5) is 24.9. The summed E-state index contributed by atoms with van der Waals surface area (Å²) >= 11 is 3.45. The van der Waals surface area contributed by atoms with Crippen LogP contribution in [0.4, 0.5) is 17.3 Å². The lowest BCUT2D eigenvalue weighted by atomic mass is 9.98. The van der Waals surface area contributed by atoms with Crippen LogP contribution in [0.25, 0.3) is 21.8 Å². The first-order valence-electron chi connectivity index (χ1n) is 20.4. The van der Waals surface area contributed by atoms with Crippen molar-refractivity contribution < 1.29 is 9.47 Å². The van der Waals surface area contributed by atoms with E-state index < -0.39 is 0 Å². The van der Waals surface area contributed by atoms with Crippen LogP contribution in [0.3, 0.4) is 0 Å². The second kappa shape index (κ2) is 19.2. The Morgan fingerprint density at radius 1 is 0.576 bits per heavy atom. The third kappa shape index (κ3) is 9.99. The quantitative estimate of drug-likeness (QED) is 0.168. The number of nitriles is 2. The molecule has 4 aliphatic rings. The summed E-state index contributed by atoms with van der Waals surface area (Å²) < 4.78 is 13.0. The predicted octanol–water partition coefficient (Wildman–Crippen LogP) is 7.81. The molecule has 4 saturated heterocycles. The molecule has 300 valence electrons. The molecule has 0 aliphatic carbocycles. The number of hydrogen-bond acceptors (Lipinski definition) is 12. The van der Waals surface area contributed by atoms with E-state index >= 15 is 0 Å². The van der Waals surface area contributed by atoms with Crippen LogP contribution < -0.4 is 29.5 Å². The van der Waals surface area contributed by atoms with Crippen molar-refractivity contribution in [1.29, 1.82) is 10.5 Å². The highest BCUT2D eigenvalue weighted by Crippen LogP contribution is 2.33. The Balaban J connectivity index is 0.000000142. The first-order valence-corrected chi connectivity index (χ1v) is 21.2. The molecule has 2 aromatic carbocycles. The van der Waals surface area contributed by atoms with Crippen LogP contribution in [-0.2, 0) is 0 Å². The van der Waals surface area contributed by atoms with Gasteiger partial charge in [0.2, 0.25) is 11.8 Å². The molecule has 13 heteroatoms. The van der Waals surface area contributed by atoms with Crippen molar-refractivity contribution in [1.82, 2.24) is 25.3 Å². The molecule has 0 spiro atoms. The van der Waals surface area contributed by atoms with E-state index in [0.717, 1.165) is 122 Å². The number of halogens is 1. The summed E-state index contributed by atoms with van der Waals surface area (Å²) in [5, 5.41) is 23.1. The Hall–Kier alpha value is -6.02. The topological polar surface area (TPSA) is 139 Å². The number of pyridine rings is 4. The van der Waals surface area contributed by atoms with Crippen molar-refractivity contribution >= 4 is 55.1 Å². The zero-order chi connectivity index (χ0) is 40.4. The number of rotatable bonds is 7. The number of hydrogen-bond donors (Lipinski definition) is 1. The molecule has 0 radical (unpaired) electrons. The molecule has 10 rings (SSSR count). The molecule has 4 aromatic heterocycles. The summed E-state index contributed by atoms with van der Waals surface area (Å²) in [5.74, 6) is 3.83. The second-order valence-electron chi connectivity index (χ2n) is 15.2. The van der Waals surface area contributed by atoms with Crippen LogP contribution in [0.15, 0.2) is 114 Å².